The first-order chi connectivity index (χ1) is 13.8. The van der Waals surface area contributed by atoms with Gasteiger partial charge < -0.3 is 10.1 Å². The fourth-order valence-corrected chi connectivity index (χ4v) is 3.66. The molecule has 7 nitrogen and oxygen atoms in total. The average molecular weight is 378 g/mol. The minimum atomic E-state index is 0.281. The molecule has 0 bridgehead atoms. The molecule has 3 N–H and O–H groups in total. The molecule has 4 rings (SSSR count). The molecule has 28 heavy (non-hydrogen) atoms. The lowest BCUT2D eigenvalue weighted by molar-refractivity contribution is 0.413. The fraction of sp³-hybridized carbons (Fsp3) is 0.333. The molecule has 0 amide bonds. The molecule has 1 saturated heterocycles. The number of hydrogen-bond donors (Lipinski definition) is 3. The summed E-state index contributed by atoms with van der Waals surface area (Å²) in [6.45, 7) is 3.42. The largest absolute Gasteiger partial charge is 0.497 e. The maximum Gasteiger partial charge on any atom is 0.137 e. The molecule has 1 aliphatic heterocycles. The quantitative estimate of drug-likeness (QED) is 0.556. The van der Waals surface area contributed by atoms with Crippen LogP contribution in [0.2, 0.25) is 0 Å². The molecular weight excluding hydrogens is 352 g/mol. The summed E-state index contributed by atoms with van der Waals surface area (Å²) in [5, 5.41) is 7.85. The highest BCUT2D eigenvalue weighted by molar-refractivity contribution is 5.30. The third-order valence-electron chi connectivity index (χ3n) is 5.21. The van der Waals surface area contributed by atoms with E-state index in [1.54, 1.807) is 19.8 Å². The van der Waals surface area contributed by atoms with Gasteiger partial charge in [-0.3, -0.25) is 5.43 Å². The average Bonchev–Trinajstić information content (AvgIpc) is 3.41. The van der Waals surface area contributed by atoms with Gasteiger partial charge in [-0.25, -0.2) is 15.1 Å². The van der Waals surface area contributed by atoms with Gasteiger partial charge in [0.2, 0.25) is 0 Å². The molecule has 1 aliphatic rings. The van der Waals surface area contributed by atoms with Crippen molar-refractivity contribution in [1.29, 1.82) is 0 Å². The van der Waals surface area contributed by atoms with Crippen LogP contribution in [0.5, 0.6) is 5.75 Å². The van der Waals surface area contributed by atoms with Crippen molar-refractivity contribution in [3.63, 3.8) is 0 Å². The van der Waals surface area contributed by atoms with Crippen LogP contribution in [-0.4, -0.2) is 35.0 Å². The molecule has 2 unspecified atom stereocenters. The van der Waals surface area contributed by atoms with Crippen molar-refractivity contribution in [2.75, 3.05) is 20.2 Å². The van der Waals surface area contributed by atoms with Gasteiger partial charge >= 0.3 is 0 Å². The van der Waals surface area contributed by atoms with Crippen molar-refractivity contribution in [3.8, 4) is 5.75 Å². The van der Waals surface area contributed by atoms with Crippen LogP contribution in [0.15, 0.2) is 61.2 Å². The Bertz CT molecular complexity index is 865. The number of hydrazine groups is 1. The van der Waals surface area contributed by atoms with Gasteiger partial charge in [-0.1, -0.05) is 36.4 Å². The summed E-state index contributed by atoms with van der Waals surface area (Å²) in [6.07, 6.45) is 3.32. The van der Waals surface area contributed by atoms with E-state index in [1.807, 2.05) is 16.8 Å². The van der Waals surface area contributed by atoms with Gasteiger partial charge in [0, 0.05) is 25.6 Å². The molecule has 0 saturated carbocycles. The van der Waals surface area contributed by atoms with Gasteiger partial charge in [0.15, 0.2) is 0 Å². The Morgan fingerprint density at radius 3 is 2.71 bits per heavy atom. The van der Waals surface area contributed by atoms with Crippen LogP contribution < -0.4 is 20.9 Å². The van der Waals surface area contributed by atoms with E-state index in [0.29, 0.717) is 5.92 Å². The first kappa shape index (κ1) is 18.6. The molecule has 0 spiro atoms. The Balaban J connectivity index is 1.35. The number of nitrogens with one attached hydrogen (secondary N) is 3. The summed E-state index contributed by atoms with van der Waals surface area (Å²) in [7, 11) is 1.69. The molecule has 2 heterocycles. The van der Waals surface area contributed by atoms with Crippen molar-refractivity contribution in [1.82, 2.24) is 30.9 Å². The molecule has 0 aliphatic carbocycles. The zero-order valence-corrected chi connectivity index (χ0v) is 16.0. The minimum Gasteiger partial charge on any atom is -0.497 e. The highest BCUT2D eigenvalue weighted by atomic mass is 16.5. The zero-order chi connectivity index (χ0) is 19.2. The van der Waals surface area contributed by atoms with Gasteiger partial charge in [-0.2, -0.15) is 5.10 Å². The zero-order valence-electron chi connectivity index (χ0n) is 16.0. The van der Waals surface area contributed by atoms with Crippen molar-refractivity contribution < 1.29 is 4.74 Å². The number of hydrogen-bond acceptors (Lipinski definition) is 6. The van der Waals surface area contributed by atoms with E-state index < -0.39 is 0 Å². The number of nitrogens with zero attached hydrogens (tertiary/aromatic N) is 3. The molecule has 1 aromatic heterocycles. The van der Waals surface area contributed by atoms with E-state index >= 15 is 0 Å². The highest BCUT2D eigenvalue weighted by Gasteiger charge is 2.27. The van der Waals surface area contributed by atoms with Gasteiger partial charge in [0.05, 0.1) is 19.7 Å². The number of aromatic nitrogens is 3. The maximum absolute atomic E-state index is 5.26. The molecule has 146 valence electrons. The topological polar surface area (TPSA) is 76.0 Å². The normalized spacial score (nSPS) is 19.0. The molecule has 7 heteroatoms. The van der Waals surface area contributed by atoms with Crippen LogP contribution in [0.1, 0.15) is 22.7 Å². The van der Waals surface area contributed by atoms with E-state index in [-0.39, 0.29) is 6.04 Å². The van der Waals surface area contributed by atoms with E-state index in [0.717, 1.165) is 31.9 Å². The van der Waals surface area contributed by atoms with Crippen LogP contribution in [0, 0.1) is 5.92 Å². The summed E-state index contributed by atoms with van der Waals surface area (Å²) in [5.41, 5.74) is 10.5. The van der Waals surface area contributed by atoms with Gasteiger partial charge in [0.25, 0.3) is 0 Å². The smallest absolute Gasteiger partial charge is 0.137 e. The first-order valence-electron chi connectivity index (χ1n) is 9.56. The second-order valence-electron chi connectivity index (χ2n) is 7.03. The van der Waals surface area contributed by atoms with Crippen LogP contribution in [-0.2, 0) is 13.1 Å². The highest BCUT2D eigenvalue weighted by Crippen LogP contribution is 2.26. The van der Waals surface area contributed by atoms with E-state index in [1.165, 1.54) is 16.7 Å². The molecule has 0 radical (unpaired) electrons. The summed E-state index contributed by atoms with van der Waals surface area (Å²) in [4.78, 5) is 4.02. The third-order valence-corrected chi connectivity index (χ3v) is 5.21. The van der Waals surface area contributed by atoms with Crippen LogP contribution in [0.4, 0.5) is 0 Å². The van der Waals surface area contributed by atoms with Crippen LogP contribution in [0.3, 0.4) is 0 Å². The summed E-state index contributed by atoms with van der Waals surface area (Å²) in [6, 6.07) is 17.0. The second-order valence-corrected chi connectivity index (χ2v) is 7.03. The monoisotopic (exact) mass is 378 g/mol. The third kappa shape index (κ3) is 4.39. The molecule has 3 aromatic rings. The summed E-state index contributed by atoms with van der Waals surface area (Å²) >= 11 is 0. The van der Waals surface area contributed by atoms with E-state index in [2.05, 4.69) is 62.6 Å². The summed E-state index contributed by atoms with van der Waals surface area (Å²) in [5.74, 6) is 1.35. The number of ether oxygens (including phenoxy) is 1. The maximum atomic E-state index is 5.26. The van der Waals surface area contributed by atoms with Crippen LogP contribution >= 0.6 is 0 Å². The fourth-order valence-electron chi connectivity index (χ4n) is 3.66. The lowest BCUT2D eigenvalue weighted by atomic mass is 9.94. The molecule has 2 atom stereocenters. The Morgan fingerprint density at radius 2 is 1.96 bits per heavy atom. The standard InChI is InChI=1S/C21H26N6O/c1-28-20-8-6-16(7-9-20)21-19(12-24-26-21)11-22-10-17-4-2-3-5-18(17)13-27-15-23-14-25-27/h2-9,14-15,19,21-22,24,26H,10-13H2,1H3. The van der Waals surface area contributed by atoms with E-state index in [9.17, 15) is 0 Å². The van der Waals surface area contributed by atoms with E-state index in [4.69, 9.17) is 4.74 Å². The number of methoxy groups -OCH3 is 1. The Morgan fingerprint density at radius 1 is 1.14 bits per heavy atom. The Hall–Kier alpha value is -2.74. The van der Waals surface area contributed by atoms with Crippen molar-refractivity contribution in [3.05, 3.63) is 77.9 Å². The van der Waals surface area contributed by atoms with Crippen molar-refractivity contribution >= 4 is 0 Å². The second kappa shape index (κ2) is 8.97. The van der Waals surface area contributed by atoms with Crippen molar-refractivity contribution in [2.24, 2.45) is 5.92 Å². The lowest BCUT2D eigenvalue weighted by Crippen LogP contribution is -2.28. The first-order valence-corrected chi connectivity index (χ1v) is 9.56. The number of benzene rings is 2. The predicted octanol–water partition coefficient (Wildman–Crippen LogP) is 1.89. The molecule has 2 aromatic carbocycles. The molecular formula is C21H26N6O. The van der Waals surface area contributed by atoms with Gasteiger partial charge in [-0.15, -0.1) is 0 Å². The predicted molar refractivity (Wildman–Crippen MR) is 108 cm³/mol. The minimum absolute atomic E-state index is 0.281. The van der Waals surface area contributed by atoms with Gasteiger partial charge in [-0.05, 0) is 28.8 Å². The lowest BCUT2D eigenvalue weighted by Gasteiger charge is -2.20. The number of rotatable bonds is 8. The van der Waals surface area contributed by atoms with Crippen LogP contribution in [0.25, 0.3) is 0 Å². The Labute approximate surface area is 165 Å². The summed E-state index contributed by atoms with van der Waals surface area (Å²) < 4.78 is 7.11. The Kier molecular flexibility index (Phi) is 5.96. The molecule has 1 fully saturated rings. The van der Waals surface area contributed by atoms with Crippen molar-refractivity contribution in [2.45, 2.75) is 19.1 Å². The SMILES string of the molecule is COc1ccc(C2NNCC2CNCc2ccccc2Cn2cncn2)cc1. The van der Waals surface area contributed by atoms with Gasteiger partial charge in [0.1, 0.15) is 18.4 Å².